The first-order valence-corrected chi connectivity index (χ1v) is 7.49. The zero-order valence-electron chi connectivity index (χ0n) is 11.6. The van der Waals surface area contributed by atoms with Crippen LogP contribution in [-0.4, -0.2) is 5.78 Å². The Balaban J connectivity index is 1.88. The second kappa shape index (κ2) is 3.59. The summed E-state index contributed by atoms with van der Waals surface area (Å²) in [5, 5.41) is 0. The van der Waals surface area contributed by atoms with Gasteiger partial charge in [0.15, 0.2) is 0 Å². The molecular weight excluding hydrogens is 208 g/mol. The minimum atomic E-state index is 0.415. The molecule has 0 spiro atoms. The van der Waals surface area contributed by atoms with Crippen LogP contribution in [0.15, 0.2) is 0 Å². The fraction of sp³-hybridized carbons (Fsp3) is 0.938. The average Bonchev–Trinajstić information content (AvgIpc) is 2.62. The molecular formula is C16H26O. The SMILES string of the molecule is CC1(C)[C@@H]2CC[C@]1(C)[C@@H]([C@@H]1CCCCC1=O)C2. The van der Waals surface area contributed by atoms with Gasteiger partial charge in [0, 0.05) is 12.3 Å². The van der Waals surface area contributed by atoms with E-state index < -0.39 is 0 Å². The van der Waals surface area contributed by atoms with Crippen LogP contribution in [-0.2, 0) is 4.79 Å². The van der Waals surface area contributed by atoms with Crippen LogP contribution in [0.5, 0.6) is 0 Å². The lowest BCUT2D eigenvalue weighted by Gasteiger charge is -2.43. The molecule has 0 aromatic carbocycles. The van der Waals surface area contributed by atoms with Gasteiger partial charge in [-0.05, 0) is 54.8 Å². The summed E-state index contributed by atoms with van der Waals surface area (Å²) in [4.78, 5) is 12.2. The Morgan fingerprint density at radius 1 is 1.12 bits per heavy atom. The van der Waals surface area contributed by atoms with Crippen LogP contribution in [0.1, 0.15) is 65.7 Å². The van der Waals surface area contributed by atoms with Crippen molar-refractivity contribution in [1.29, 1.82) is 0 Å². The van der Waals surface area contributed by atoms with Crippen LogP contribution in [0, 0.1) is 28.6 Å². The van der Waals surface area contributed by atoms with E-state index in [4.69, 9.17) is 0 Å². The fourth-order valence-corrected chi connectivity index (χ4v) is 5.31. The van der Waals surface area contributed by atoms with E-state index in [0.717, 1.165) is 18.8 Å². The highest BCUT2D eigenvalue weighted by Crippen LogP contribution is 2.70. The summed E-state index contributed by atoms with van der Waals surface area (Å²) < 4.78 is 0. The van der Waals surface area contributed by atoms with Crippen molar-refractivity contribution < 1.29 is 4.79 Å². The quantitative estimate of drug-likeness (QED) is 0.664. The van der Waals surface area contributed by atoms with E-state index in [2.05, 4.69) is 20.8 Å². The Labute approximate surface area is 105 Å². The van der Waals surface area contributed by atoms with Crippen LogP contribution in [0.3, 0.4) is 0 Å². The first-order valence-electron chi connectivity index (χ1n) is 7.49. The topological polar surface area (TPSA) is 17.1 Å². The first-order chi connectivity index (χ1) is 7.97. The first kappa shape index (κ1) is 11.7. The van der Waals surface area contributed by atoms with Crippen molar-refractivity contribution in [3.63, 3.8) is 0 Å². The molecule has 3 aliphatic rings. The third kappa shape index (κ3) is 1.40. The largest absolute Gasteiger partial charge is 0.299 e. The molecule has 0 aliphatic heterocycles. The number of Topliss-reactive ketones (excluding diaryl/α,β-unsaturated/α-hetero) is 1. The lowest BCUT2D eigenvalue weighted by molar-refractivity contribution is -0.128. The van der Waals surface area contributed by atoms with Crippen molar-refractivity contribution in [2.24, 2.45) is 28.6 Å². The molecule has 0 aromatic rings. The van der Waals surface area contributed by atoms with Crippen molar-refractivity contribution in [2.45, 2.75) is 65.7 Å². The van der Waals surface area contributed by atoms with Gasteiger partial charge < -0.3 is 0 Å². The third-order valence-corrected chi connectivity index (χ3v) is 6.95. The van der Waals surface area contributed by atoms with Crippen molar-refractivity contribution in [2.75, 3.05) is 0 Å². The zero-order valence-corrected chi connectivity index (χ0v) is 11.6. The highest BCUT2D eigenvalue weighted by molar-refractivity contribution is 5.82. The molecule has 0 amide bonds. The molecule has 0 radical (unpaired) electrons. The molecule has 1 heteroatoms. The van der Waals surface area contributed by atoms with E-state index in [-0.39, 0.29) is 0 Å². The molecule has 3 fully saturated rings. The maximum Gasteiger partial charge on any atom is 0.136 e. The van der Waals surface area contributed by atoms with Gasteiger partial charge in [-0.25, -0.2) is 0 Å². The molecule has 4 atom stereocenters. The second-order valence-electron chi connectivity index (χ2n) is 7.54. The predicted octanol–water partition coefficient (Wildman–Crippen LogP) is 4.21. The summed E-state index contributed by atoms with van der Waals surface area (Å²) in [7, 11) is 0. The Hall–Kier alpha value is -0.330. The van der Waals surface area contributed by atoms with Crippen LogP contribution in [0.25, 0.3) is 0 Å². The monoisotopic (exact) mass is 234 g/mol. The van der Waals surface area contributed by atoms with Gasteiger partial charge in [0.05, 0.1) is 0 Å². The second-order valence-corrected chi connectivity index (χ2v) is 7.54. The Morgan fingerprint density at radius 3 is 2.41 bits per heavy atom. The summed E-state index contributed by atoms with van der Waals surface area (Å²) in [5.74, 6) is 2.58. The van der Waals surface area contributed by atoms with E-state index >= 15 is 0 Å². The minimum absolute atomic E-state index is 0.415. The zero-order chi connectivity index (χ0) is 12.3. The van der Waals surface area contributed by atoms with E-state index in [1.807, 2.05) is 0 Å². The highest BCUT2D eigenvalue weighted by atomic mass is 16.1. The molecule has 0 aromatic heterocycles. The smallest absolute Gasteiger partial charge is 0.136 e. The Kier molecular flexibility index (Phi) is 2.48. The van der Waals surface area contributed by atoms with Gasteiger partial charge in [-0.2, -0.15) is 0 Å². The van der Waals surface area contributed by atoms with Gasteiger partial charge in [-0.3, -0.25) is 4.79 Å². The lowest BCUT2D eigenvalue weighted by atomic mass is 9.61. The van der Waals surface area contributed by atoms with Crippen LogP contribution >= 0.6 is 0 Å². The summed E-state index contributed by atoms with van der Waals surface area (Å²) in [6, 6.07) is 0. The van der Waals surface area contributed by atoms with Gasteiger partial charge in [0.1, 0.15) is 5.78 Å². The molecule has 3 saturated carbocycles. The molecule has 0 saturated heterocycles. The van der Waals surface area contributed by atoms with E-state index in [1.165, 1.54) is 32.1 Å². The number of ketones is 1. The van der Waals surface area contributed by atoms with Gasteiger partial charge in [0.2, 0.25) is 0 Å². The standard InChI is InChI=1S/C16H26O/c1-15(2)11-8-9-16(15,3)13(10-11)12-6-4-5-7-14(12)17/h11-13H,4-10H2,1-3H3/t11-,12+,13-,16-/m1/s1. The van der Waals surface area contributed by atoms with Gasteiger partial charge >= 0.3 is 0 Å². The highest BCUT2D eigenvalue weighted by Gasteiger charge is 2.63. The van der Waals surface area contributed by atoms with Gasteiger partial charge in [-0.15, -0.1) is 0 Å². The van der Waals surface area contributed by atoms with E-state index in [1.54, 1.807) is 0 Å². The number of carbonyl (C=O) groups is 1. The van der Waals surface area contributed by atoms with Crippen molar-refractivity contribution in [3.8, 4) is 0 Å². The number of carbonyl (C=O) groups excluding carboxylic acids is 1. The van der Waals surface area contributed by atoms with E-state index in [9.17, 15) is 4.79 Å². The molecule has 0 N–H and O–H groups in total. The summed E-state index contributed by atoms with van der Waals surface area (Å²) in [6.45, 7) is 7.39. The van der Waals surface area contributed by atoms with Crippen LogP contribution < -0.4 is 0 Å². The van der Waals surface area contributed by atoms with Crippen LogP contribution in [0.2, 0.25) is 0 Å². The number of fused-ring (bicyclic) bond motifs is 2. The minimum Gasteiger partial charge on any atom is -0.299 e. The average molecular weight is 234 g/mol. The van der Waals surface area contributed by atoms with Crippen molar-refractivity contribution in [3.05, 3.63) is 0 Å². The fourth-order valence-electron chi connectivity index (χ4n) is 5.31. The predicted molar refractivity (Wildman–Crippen MR) is 69.7 cm³/mol. The Bertz CT molecular complexity index is 343. The number of rotatable bonds is 1. The summed E-state index contributed by atoms with van der Waals surface area (Å²) >= 11 is 0. The molecule has 3 rings (SSSR count). The summed E-state index contributed by atoms with van der Waals surface area (Å²) in [6.07, 6.45) is 8.57. The van der Waals surface area contributed by atoms with Gasteiger partial charge in [-0.1, -0.05) is 27.2 Å². The Morgan fingerprint density at radius 2 is 1.88 bits per heavy atom. The third-order valence-electron chi connectivity index (χ3n) is 6.95. The lowest BCUT2D eigenvalue weighted by Crippen LogP contribution is -2.39. The molecule has 17 heavy (non-hydrogen) atoms. The molecule has 0 heterocycles. The number of hydrogen-bond acceptors (Lipinski definition) is 1. The van der Waals surface area contributed by atoms with Crippen LogP contribution in [0.4, 0.5) is 0 Å². The molecule has 1 nitrogen and oxygen atoms in total. The molecule has 0 unspecified atom stereocenters. The van der Waals surface area contributed by atoms with Gasteiger partial charge in [0.25, 0.3) is 0 Å². The molecule has 2 bridgehead atoms. The normalized spacial score (nSPS) is 48.6. The maximum atomic E-state index is 12.2. The molecule has 96 valence electrons. The van der Waals surface area contributed by atoms with Crippen molar-refractivity contribution >= 4 is 5.78 Å². The van der Waals surface area contributed by atoms with E-state index in [0.29, 0.717) is 28.4 Å². The van der Waals surface area contributed by atoms with Crippen molar-refractivity contribution in [1.82, 2.24) is 0 Å². The number of hydrogen-bond donors (Lipinski definition) is 0. The molecule has 3 aliphatic carbocycles. The summed E-state index contributed by atoms with van der Waals surface area (Å²) in [5.41, 5.74) is 0.907. The maximum absolute atomic E-state index is 12.2.